The first-order chi connectivity index (χ1) is 12.5. The van der Waals surface area contributed by atoms with Gasteiger partial charge in [-0.1, -0.05) is 24.3 Å². The van der Waals surface area contributed by atoms with Gasteiger partial charge in [0.1, 0.15) is 0 Å². The molecule has 26 heavy (non-hydrogen) atoms. The highest BCUT2D eigenvalue weighted by molar-refractivity contribution is 5.96. The van der Waals surface area contributed by atoms with Gasteiger partial charge in [-0.05, 0) is 50.2 Å². The van der Waals surface area contributed by atoms with Crippen molar-refractivity contribution in [2.75, 3.05) is 39.8 Å². The number of likely N-dealkylation sites (N-methyl/N-ethyl adjacent to an activating group) is 2. The van der Waals surface area contributed by atoms with Crippen molar-refractivity contribution in [1.82, 2.24) is 4.90 Å². The number of hydrogen-bond donors (Lipinski definition) is 0. The maximum absolute atomic E-state index is 12.7. The zero-order chi connectivity index (χ0) is 19.1. The van der Waals surface area contributed by atoms with E-state index in [1.165, 1.54) is 0 Å². The Balaban J connectivity index is 1.96. The molecule has 0 aliphatic heterocycles. The summed E-state index contributed by atoms with van der Waals surface area (Å²) in [6.45, 7) is 2.71. The molecule has 0 aromatic heterocycles. The van der Waals surface area contributed by atoms with E-state index >= 15 is 0 Å². The van der Waals surface area contributed by atoms with Crippen LogP contribution in [0.3, 0.4) is 0 Å². The van der Waals surface area contributed by atoms with Crippen LogP contribution in [-0.2, 0) is 11.2 Å². The highest BCUT2D eigenvalue weighted by atomic mass is 16.5. The maximum Gasteiger partial charge on any atom is 0.243 e. The molecule has 2 rings (SSSR count). The standard InChI is InChI=1S/C21H28N2O3/c1-16(21(24)23(3)18-9-7-6-8-10-18)22(2)14-13-17-11-12-19(25-4)20(15-17)26-5/h6-12,15-16H,13-14H2,1-5H3/t16-/m1/s1. The fourth-order valence-electron chi connectivity index (χ4n) is 2.78. The SMILES string of the molecule is COc1ccc(CCN(C)[C@H](C)C(=O)N(C)c2ccccc2)cc1OC. The fourth-order valence-corrected chi connectivity index (χ4v) is 2.78. The Morgan fingerprint density at radius 2 is 1.65 bits per heavy atom. The molecule has 0 aliphatic rings. The lowest BCUT2D eigenvalue weighted by atomic mass is 10.1. The Morgan fingerprint density at radius 3 is 2.27 bits per heavy atom. The highest BCUT2D eigenvalue weighted by Crippen LogP contribution is 2.27. The Morgan fingerprint density at radius 1 is 1.00 bits per heavy atom. The van der Waals surface area contributed by atoms with Crippen LogP contribution >= 0.6 is 0 Å². The van der Waals surface area contributed by atoms with Crippen LogP contribution in [0.25, 0.3) is 0 Å². The summed E-state index contributed by atoms with van der Waals surface area (Å²) in [5.41, 5.74) is 2.04. The monoisotopic (exact) mass is 356 g/mol. The Bertz CT molecular complexity index is 718. The van der Waals surface area contributed by atoms with E-state index < -0.39 is 0 Å². The number of benzene rings is 2. The lowest BCUT2D eigenvalue weighted by Gasteiger charge is -2.28. The minimum Gasteiger partial charge on any atom is -0.493 e. The van der Waals surface area contributed by atoms with Crippen LogP contribution in [0.15, 0.2) is 48.5 Å². The van der Waals surface area contributed by atoms with Gasteiger partial charge < -0.3 is 14.4 Å². The first-order valence-corrected chi connectivity index (χ1v) is 8.71. The molecule has 2 aromatic carbocycles. The molecule has 1 amide bonds. The number of para-hydroxylation sites is 1. The van der Waals surface area contributed by atoms with Gasteiger partial charge in [-0.2, -0.15) is 0 Å². The molecule has 2 aromatic rings. The van der Waals surface area contributed by atoms with Gasteiger partial charge in [0.25, 0.3) is 0 Å². The summed E-state index contributed by atoms with van der Waals surface area (Å²) >= 11 is 0. The number of amides is 1. The van der Waals surface area contributed by atoms with Gasteiger partial charge in [-0.25, -0.2) is 0 Å². The van der Waals surface area contributed by atoms with Crippen molar-refractivity contribution in [2.45, 2.75) is 19.4 Å². The van der Waals surface area contributed by atoms with Crippen molar-refractivity contribution in [3.8, 4) is 11.5 Å². The molecular weight excluding hydrogens is 328 g/mol. The first-order valence-electron chi connectivity index (χ1n) is 8.71. The molecule has 0 heterocycles. The second-order valence-corrected chi connectivity index (χ2v) is 6.33. The van der Waals surface area contributed by atoms with E-state index in [-0.39, 0.29) is 11.9 Å². The van der Waals surface area contributed by atoms with Crippen LogP contribution in [0.2, 0.25) is 0 Å². The first kappa shape index (κ1) is 19.8. The summed E-state index contributed by atoms with van der Waals surface area (Å²) in [6.07, 6.45) is 0.823. The molecule has 5 nitrogen and oxygen atoms in total. The van der Waals surface area contributed by atoms with E-state index in [1.807, 2.05) is 69.6 Å². The number of carbonyl (C=O) groups excluding carboxylic acids is 1. The van der Waals surface area contributed by atoms with Crippen molar-refractivity contribution in [1.29, 1.82) is 0 Å². The summed E-state index contributed by atoms with van der Waals surface area (Å²) in [5.74, 6) is 1.52. The summed E-state index contributed by atoms with van der Waals surface area (Å²) in [7, 11) is 7.05. The predicted molar refractivity (Wildman–Crippen MR) is 105 cm³/mol. The second-order valence-electron chi connectivity index (χ2n) is 6.33. The molecule has 1 atom stereocenters. The molecule has 0 bridgehead atoms. The van der Waals surface area contributed by atoms with Crippen molar-refractivity contribution in [3.05, 3.63) is 54.1 Å². The average Bonchev–Trinajstić information content (AvgIpc) is 2.70. The fraction of sp³-hybridized carbons (Fsp3) is 0.381. The smallest absolute Gasteiger partial charge is 0.243 e. The maximum atomic E-state index is 12.7. The van der Waals surface area contributed by atoms with E-state index in [0.717, 1.165) is 35.7 Å². The molecular formula is C21H28N2O3. The molecule has 0 saturated heterocycles. The quantitative estimate of drug-likeness (QED) is 0.728. The van der Waals surface area contributed by atoms with Gasteiger partial charge in [-0.15, -0.1) is 0 Å². The average molecular weight is 356 g/mol. The van der Waals surface area contributed by atoms with E-state index in [1.54, 1.807) is 19.1 Å². The van der Waals surface area contributed by atoms with Crippen molar-refractivity contribution < 1.29 is 14.3 Å². The van der Waals surface area contributed by atoms with Crippen molar-refractivity contribution >= 4 is 11.6 Å². The third-order valence-electron chi connectivity index (χ3n) is 4.69. The summed E-state index contributed by atoms with van der Waals surface area (Å²) in [5, 5.41) is 0. The Kier molecular flexibility index (Phi) is 7.04. The normalized spacial score (nSPS) is 11.9. The van der Waals surface area contributed by atoms with E-state index in [0.29, 0.717) is 0 Å². The number of hydrogen-bond acceptors (Lipinski definition) is 4. The summed E-state index contributed by atoms with van der Waals surface area (Å²) in [6, 6.07) is 15.4. The molecule has 0 unspecified atom stereocenters. The zero-order valence-corrected chi connectivity index (χ0v) is 16.2. The molecule has 0 radical (unpaired) electrons. The largest absolute Gasteiger partial charge is 0.493 e. The molecule has 0 saturated carbocycles. The van der Waals surface area contributed by atoms with Crippen LogP contribution < -0.4 is 14.4 Å². The molecule has 0 fully saturated rings. The zero-order valence-electron chi connectivity index (χ0n) is 16.2. The van der Waals surface area contributed by atoms with Crippen LogP contribution in [0, 0.1) is 0 Å². The third-order valence-corrected chi connectivity index (χ3v) is 4.69. The van der Waals surface area contributed by atoms with E-state index in [9.17, 15) is 4.79 Å². The predicted octanol–water partition coefficient (Wildman–Crippen LogP) is 3.23. The van der Waals surface area contributed by atoms with E-state index in [4.69, 9.17) is 9.47 Å². The van der Waals surface area contributed by atoms with Gasteiger partial charge in [0.15, 0.2) is 11.5 Å². The minimum atomic E-state index is -0.208. The van der Waals surface area contributed by atoms with Gasteiger partial charge in [0.05, 0.1) is 20.3 Å². The third kappa shape index (κ3) is 4.76. The number of methoxy groups -OCH3 is 2. The second kappa shape index (κ2) is 9.25. The lowest BCUT2D eigenvalue weighted by molar-refractivity contribution is -0.122. The number of anilines is 1. The topological polar surface area (TPSA) is 42.0 Å². The summed E-state index contributed by atoms with van der Waals surface area (Å²) < 4.78 is 10.6. The van der Waals surface area contributed by atoms with Crippen molar-refractivity contribution in [2.24, 2.45) is 0 Å². The highest BCUT2D eigenvalue weighted by Gasteiger charge is 2.22. The lowest BCUT2D eigenvalue weighted by Crippen LogP contribution is -2.44. The number of rotatable bonds is 8. The summed E-state index contributed by atoms with van der Waals surface area (Å²) in [4.78, 5) is 16.5. The van der Waals surface area contributed by atoms with Crippen LogP contribution in [0.1, 0.15) is 12.5 Å². The molecule has 0 N–H and O–H groups in total. The van der Waals surface area contributed by atoms with Gasteiger partial charge >= 0.3 is 0 Å². The van der Waals surface area contributed by atoms with Gasteiger partial charge in [-0.3, -0.25) is 9.69 Å². The van der Waals surface area contributed by atoms with Crippen LogP contribution in [0.5, 0.6) is 11.5 Å². The van der Waals surface area contributed by atoms with Gasteiger partial charge in [0, 0.05) is 19.3 Å². The molecule has 0 spiro atoms. The Hall–Kier alpha value is -2.53. The van der Waals surface area contributed by atoms with Crippen molar-refractivity contribution in [3.63, 3.8) is 0 Å². The van der Waals surface area contributed by atoms with Gasteiger partial charge in [0.2, 0.25) is 5.91 Å². The molecule has 5 heteroatoms. The molecule has 140 valence electrons. The molecule has 0 aliphatic carbocycles. The van der Waals surface area contributed by atoms with Crippen LogP contribution in [0.4, 0.5) is 5.69 Å². The number of ether oxygens (including phenoxy) is 2. The van der Waals surface area contributed by atoms with Crippen LogP contribution in [-0.4, -0.2) is 51.7 Å². The Labute approximate surface area is 156 Å². The number of nitrogens with zero attached hydrogens (tertiary/aromatic N) is 2. The number of carbonyl (C=O) groups is 1. The van der Waals surface area contributed by atoms with E-state index in [2.05, 4.69) is 4.90 Å². The minimum absolute atomic E-state index is 0.0750.